The molecule has 1 aromatic rings. The Labute approximate surface area is 80.1 Å². The third-order valence-electron chi connectivity index (χ3n) is 1.09. The highest BCUT2D eigenvalue weighted by Crippen LogP contribution is 2.30. The van der Waals surface area contributed by atoms with E-state index in [4.69, 9.17) is 11.6 Å². The minimum absolute atomic E-state index is 0.802. The van der Waals surface area contributed by atoms with Crippen molar-refractivity contribution in [3.8, 4) is 0 Å². The molecule has 0 radical (unpaired) electrons. The zero-order chi connectivity index (χ0) is 8.10. The van der Waals surface area contributed by atoms with Crippen LogP contribution in [-0.2, 0) is 0 Å². The van der Waals surface area contributed by atoms with Crippen LogP contribution in [0.5, 0.6) is 0 Å². The quantitative estimate of drug-likeness (QED) is 0.680. The highest BCUT2D eigenvalue weighted by molar-refractivity contribution is 8.76. The summed E-state index contributed by atoms with van der Waals surface area (Å²) in [7, 11) is 3.63. The van der Waals surface area contributed by atoms with Crippen molar-refractivity contribution in [2.45, 2.75) is 11.8 Å². The largest absolute Gasteiger partial charge is 0.0892 e. The summed E-state index contributed by atoms with van der Waals surface area (Å²) in [6, 6.07) is 7.91. The van der Waals surface area contributed by atoms with E-state index in [2.05, 4.69) is 6.92 Å². The van der Waals surface area contributed by atoms with Crippen LogP contribution in [0.2, 0.25) is 5.02 Å². The molecule has 0 N–H and O–H groups in total. The van der Waals surface area contributed by atoms with Gasteiger partial charge in [0.1, 0.15) is 0 Å². The van der Waals surface area contributed by atoms with Crippen molar-refractivity contribution in [1.29, 1.82) is 0 Å². The van der Waals surface area contributed by atoms with Gasteiger partial charge >= 0.3 is 0 Å². The molecule has 0 unspecified atom stereocenters. The van der Waals surface area contributed by atoms with Gasteiger partial charge in [-0.3, -0.25) is 0 Å². The average Bonchev–Trinajstić information content (AvgIpc) is 2.04. The fraction of sp³-hybridized carbons (Fsp3) is 0.250. The normalized spacial score (nSPS) is 10.0. The Morgan fingerprint density at radius 3 is 2.45 bits per heavy atom. The second-order valence-electron chi connectivity index (χ2n) is 1.94. The molecule has 0 heterocycles. The molecule has 1 rings (SSSR count). The van der Waals surface area contributed by atoms with Crippen LogP contribution in [-0.4, -0.2) is 5.75 Å². The summed E-state index contributed by atoms with van der Waals surface area (Å²) >= 11 is 5.73. The Kier molecular flexibility index (Phi) is 4.20. The average molecular weight is 205 g/mol. The lowest BCUT2D eigenvalue weighted by Gasteiger charge is -1.97. The number of rotatable bonds is 3. The van der Waals surface area contributed by atoms with Crippen LogP contribution in [0.25, 0.3) is 0 Å². The minimum Gasteiger partial charge on any atom is -0.0892 e. The topological polar surface area (TPSA) is 0 Å². The third-order valence-corrected chi connectivity index (χ3v) is 3.79. The first-order chi connectivity index (χ1) is 5.33. The van der Waals surface area contributed by atoms with Gasteiger partial charge in [0.15, 0.2) is 0 Å². The maximum absolute atomic E-state index is 5.73. The molecule has 0 spiro atoms. The van der Waals surface area contributed by atoms with E-state index in [0.29, 0.717) is 0 Å². The first kappa shape index (κ1) is 9.30. The van der Waals surface area contributed by atoms with Gasteiger partial charge < -0.3 is 0 Å². The molecule has 0 aliphatic carbocycles. The summed E-state index contributed by atoms with van der Waals surface area (Å²) in [5.41, 5.74) is 0. The number of halogens is 1. The van der Waals surface area contributed by atoms with Gasteiger partial charge in [-0.25, -0.2) is 0 Å². The maximum Gasteiger partial charge on any atom is 0.0406 e. The fourth-order valence-corrected chi connectivity index (χ4v) is 2.34. The molecule has 0 saturated heterocycles. The van der Waals surface area contributed by atoms with Crippen molar-refractivity contribution < 1.29 is 0 Å². The van der Waals surface area contributed by atoms with E-state index in [1.807, 2.05) is 35.1 Å². The van der Waals surface area contributed by atoms with Gasteiger partial charge in [-0.05, 0) is 24.3 Å². The van der Waals surface area contributed by atoms with Gasteiger partial charge in [0.25, 0.3) is 0 Å². The van der Waals surface area contributed by atoms with E-state index in [1.54, 1.807) is 10.8 Å². The maximum atomic E-state index is 5.73. The van der Waals surface area contributed by atoms with Crippen molar-refractivity contribution >= 4 is 33.2 Å². The molecule has 60 valence electrons. The lowest BCUT2D eigenvalue weighted by atomic mass is 10.4. The first-order valence-electron chi connectivity index (χ1n) is 3.38. The Hall–Kier alpha value is 0.210. The predicted molar refractivity (Wildman–Crippen MR) is 55.4 cm³/mol. The smallest absolute Gasteiger partial charge is 0.0406 e. The molecule has 3 heteroatoms. The SMILES string of the molecule is CCSSc1ccc(Cl)cc1. The second kappa shape index (κ2) is 4.96. The van der Waals surface area contributed by atoms with Gasteiger partial charge in [-0.1, -0.05) is 40.1 Å². The fourth-order valence-electron chi connectivity index (χ4n) is 0.617. The van der Waals surface area contributed by atoms with Crippen molar-refractivity contribution in [1.82, 2.24) is 0 Å². The van der Waals surface area contributed by atoms with E-state index >= 15 is 0 Å². The molecule has 0 aliphatic heterocycles. The van der Waals surface area contributed by atoms with Gasteiger partial charge in [0, 0.05) is 15.7 Å². The zero-order valence-electron chi connectivity index (χ0n) is 6.21. The molecule has 0 fully saturated rings. The van der Waals surface area contributed by atoms with Crippen LogP contribution < -0.4 is 0 Å². The molecule has 0 atom stereocenters. The van der Waals surface area contributed by atoms with Crippen LogP contribution in [0, 0.1) is 0 Å². The minimum atomic E-state index is 0.802. The third kappa shape index (κ3) is 3.41. The standard InChI is InChI=1S/C8H9ClS2/c1-2-10-11-8-5-3-7(9)4-6-8/h3-6H,2H2,1H3. The van der Waals surface area contributed by atoms with E-state index in [-0.39, 0.29) is 0 Å². The van der Waals surface area contributed by atoms with Crippen LogP contribution >= 0.6 is 33.2 Å². The second-order valence-corrected chi connectivity index (χ2v) is 5.04. The molecule has 0 aliphatic rings. The Balaban J connectivity index is 2.52. The molecule has 0 aromatic heterocycles. The van der Waals surface area contributed by atoms with Gasteiger partial charge in [-0.2, -0.15) is 0 Å². The van der Waals surface area contributed by atoms with Gasteiger partial charge in [0.05, 0.1) is 0 Å². The van der Waals surface area contributed by atoms with Gasteiger partial charge in [-0.15, -0.1) is 0 Å². The van der Waals surface area contributed by atoms with Crippen LogP contribution in [0.1, 0.15) is 6.92 Å². The van der Waals surface area contributed by atoms with Crippen molar-refractivity contribution in [3.63, 3.8) is 0 Å². The zero-order valence-corrected chi connectivity index (χ0v) is 8.60. The van der Waals surface area contributed by atoms with E-state index in [1.165, 1.54) is 4.90 Å². The molecular weight excluding hydrogens is 196 g/mol. The molecule has 11 heavy (non-hydrogen) atoms. The lowest BCUT2D eigenvalue weighted by Crippen LogP contribution is -1.67. The highest BCUT2D eigenvalue weighted by atomic mass is 35.5. The van der Waals surface area contributed by atoms with Crippen molar-refractivity contribution in [2.75, 3.05) is 5.75 Å². The predicted octanol–water partition coefficient (Wildman–Crippen LogP) is 4.10. The summed E-state index contributed by atoms with van der Waals surface area (Å²) in [6.07, 6.45) is 0. The van der Waals surface area contributed by atoms with Crippen LogP contribution in [0.15, 0.2) is 29.2 Å². The number of hydrogen-bond acceptors (Lipinski definition) is 2. The Morgan fingerprint density at radius 1 is 1.27 bits per heavy atom. The number of hydrogen-bond donors (Lipinski definition) is 0. The van der Waals surface area contributed by atoms with Crippen molar-refractivity contribution in [3.05, 3.63) is 29.3 Å². The van der Waals surface area contributed by atoms with E-state index < -0.39 is 0 Å². The molecule has 0 saturated carbocycles. The molecule has 1 aromatic carbocycles. The molecule has 0 amide bonds. The number of benzene rings is 1. The summed E-state index contributed by atoms with van der Waals surface area (Å²) in [6.45, 7) is 2.15. The first-order valence-corrected chi connectivity index (χ1v) is 6.07. The van der Waals surface area contributed by atoms with E-state index in [9.17, 15) is 0 Å². The Bertz CT molecular complexity index is 208. The summed E-state index contributed by atoms with van der Waals surface area (Å²) in [5.74, 6) is 1.13. The summed E-state index contributed by atoms with van der Waals surface area (Å²) in [5, 5.41) is 0.802. The lowest BCUT2D eigenvalue weighted by molar-refractivity contribution is 1.48. The van der Waals surface area contributed by atoms with Crippen LogP contribution in [0.4, 0.5) is 0 Å². The van der Waals surface area contributed by atoms with Crippen molar-refractivity contribution in [2.24, 2.45) is 0 Å². The molecule has 0 nitrogen and oxygen atoms in total. The Morgan fingerprint density at radius 2 is 1.91 bits per heavy atom. The van der Waals surface area contributed by atoms with Crippen LogP contribution in [0.3, 0.4) is 0 Å². The summed E-state index contributed by atoms with van der Waals surface area (Å²) < 4.78 is 0. The monoisotopic (exact) mass is 204 g/mol. The molecule has 0 bridgehead atoms. The summed E-state index contributed by atoms with van der Waals surface area (Å²) in [4.78, 5) is 1.27. The highest BCUT2D eigenvalue weighted by Gasteiger charge is 1.92. The molecular formula is C8H9ClS2. The van der Waals surface area contributed by atoms with E-state index in [0.717, 1.165) is 10.8 Å². The van der Waals surface area contributed by atoms with Gasteiger partial charge in [0.2, 0.25) is 0 Å².